The maximum atomic E-state index is 11.4. The van der Waals surface area contributed by atoms with Crippen LogP contribution in [0.4, 0.5) is 11.5 Å². The average molecular weight is 263 g/mol. The lowest BCUT2D eigenvalue weighted by molar-refractivity contribution is 0.415. The normalized spacial score (nSPS) is 10.1. The predicted molar refractivity (Wildman–Crippen MR) is 72.9 cm³/mol. The monoisotopic (exact) mass is 263 g/mol. The summed E-state index contributed by atoms with van der Waals surface area (Å²) in [5, 5.41) is 3.65. The second kappa shape index (κ2) is 5.59. The zero-order valence-electron chi connectivity index (χ0n) is 10.1. The van der Waals surface area contributed by atoms with Gasteiger partial charge in [0, 0.05) is 11.8 Å². The van der Waals surface area contributed by atoms with Gasteiger partial charge in [0.05, 0.1) is 7.11 Å². The topological polar surface area (TPSA) is 67.0 Å². The highest BCUT2D eigenvalue weighted by molar-refractivity contribution is 7.98. The maximum absolute atomic E-state index is 11.4. The van der Waals surface area contributed by atoms with Gasteiger partial charge in [0.1, 0.15) is 11.6 Å². The molecule has 0 unspecified atom stereocenters. The molecule has 0 amide bonds. The summed E-state index contributed by atoms with van der Waals surface area (Å²) in [6.07, 6.45) is 1.86. The van der Waals surface area contributed by atoms with Gasteiger partial charge in [-0.1, -0.05) is 11.8 Å². The van der Waals surface area contributed by atoms with Crippen LogP contribution in [-0.4, -0.2) is 23.3 Å². The van der Waals surface area contributed by atoms with Gasteiger partial charge in [-0.2, -0.15) is 0 Å². The number of rotatable bonds is 4. The standard InChI is InChI=1S/C12H13N3O2S/c1-17-9-5-3-8(4-6-9)13-10-7-11(16)15-12(14-10)18-2/h3-7H,1-2H3,(H2,13,14,15,16). The number of benzene rings is 1. The first kappa shape index (κ1) is 12.5. The van der Waals surface area contributed by atoms with Crippen molar-refractivity contribution in [3.8, 4) is 5.75 Å². The molecule has 0 spiro atoms. The number of nitrogens with zero attached hydrogens (tertiary/aromatic N) is 1. The Morgan fingerprint density at radius 2 is 2.06 bits per heavy atom. The van der Waals surface area contributed by atoms with Gasteiger partial charge in [-0.3, -0.25) is 4.79 Å². The first-order valence-electron chi connectivity index (χ1n) is 5.27. The van der Waals surface area contributed by atoms with Gasteiger partial charge in [0.15, 0.2) is 5.16 Å². The van der Waals surface area contributed by atoms with E-state index in [9.17, 15) is 4.79 Å². The summed E-state index contributed by atoms with van der Waals surface area (Å²) in [6, 6.07) is 8.82. The molecule has 0 aliphatic carbocycles. The average Bonchev–Trinajstić information content (AvgIpc) is 2.39. The van der Waals surface area contributed by atoms with Gasteiger partial charge in [0.2, 0.25) is 0 Å². The summed E-state index contributed by atoms with van der Waals surface area (Å²) in [7, 11) is 1.62. The molecule has 0 saturated carbocycles. The quantitative estimate of drug-likeness (QED) is 0.654. The second-order valence-electron chi connectivity index (χ2n) is 3.49. The number of hydrogen-bond acceptors (Lipinski definition) is 5. The molecule has 0 radical (unpaired) electrons. The smallest absolute Gasteiger partial charge is 0.253 e. The molecule has 0 fully saturated rings. The third kappa shape index (κ3) is 3.04. The van der Waals surface area contributed by atoms with Crippen molar-refractivity contribution in [3.63, 3.8) is 0 Å². The van der Waals surface area contributed by atoms with Crippen molar-refractivity contribution in [2.75, 3.05) is 18.7 Å². The summed E-state index contributed by atoms with van der Waals surface area (Å²) in [4.78, 5) is 18.3. The molecule has 0 bridgehead atoms. The van der Waals surface area contributed by atoms with Gasteiger partial charge in [-0.05, 0) is 30.5 Å². The van der Waals surface area contributed by atoms with Crippen molar-refractivity contribution in [1.82, 2.24) is 9.97 Å². The molecule has 1 heterocycles. The molecule has 2 N–H and O–H groups in total. The number of H-pyrrole nitrogens is 1. The van der Waals surface area contributed by atoms with Crippen molar-refractivity contribution in [2.24, 2.45) is 0 Å². The van der Waals surface area contributed by atoms with Crippen molar-refractivity contribution in [3.05, 3.63) is 40.7 Å². The molecular weight excluding hydrogens is 250 g/mol. The van der Waals surface area contributed by atoms with Crippen LogP contribution in [0.1, 0.15) is 0 Å². The molecule has 18 heavy (non-hydrogen) atoms. The van der Waals surface area contributed by atoms with Crippen molar-refractivity contribution in [2.45, 2.75) is 5.16 Å². The van der Waals surface area contributed by atoms with E-state index in [1.54, 1.807) is 7.11 Å². The van der Waals surface area contributed by atoms with E-state index in [2.05, 4.69) is 15.3 Å². The fourth-order valence-electron chi connectivity index (χ4n) is 1.42. The van der Waals surface area contributed by atoms with Gasteiger partial charge < -0.3 is 15.0 Å². The van der Waals surface area contributed by atoms with Gasteiger partial charge in [0.25, 0.3) is 5.56 Å². The molecule has 1 aromatic carbocycles. The molecule has 94 valence electrons. The largest absolute Gasteiger partial charge is 0.497 e. The Kier molecular flexibility index (Phi) is 3.88. The lowest BCUT2D eigenvalue weighted by atomic mass is 10.3. The number of aromatic nitrogens is 2. The number of ether oxygens (including phenoxy) is 1. The van der Waals surface area contributed by atoms with Gasteiger partial charge >= 0.3 is 0 Å². The van der Waals surface area contributed by atoms with E-state index in [1.165, 1.54) is 17.8 Å². The number of hydrogen-bond donors (Lipinski definition) is 2. The predicted octanol–water partition coefficient (Wildman–Crippen LogP) is 2.24. The van der Waals surface area contributed by atoms with Crippen LogP contribution < -0.4 is 15.6 Å². The van der Waals surface area contributed by atoms with Crippen LogP contribution in [0.2, 0.25) is 0 Å². The molecule has 0 saturated heterocycles. The highest BCUT2D eigenvalue weighted by Gasteiger charge is 2.01. The fraction of sp³-hybridized carbons (Fsp3) is 0.167. The third-order valence-electron chi connectivity index (χ3n) is 2.28. The number of thioether (sulfide) groups is 1. The van der Waals surface area contributed by atoms with E-state index in [4.69, 9.17) is 4.74 Å². The first-order valence-corrected chi connectivity index (χ1v) is 6.50. The molecule has 1 aromatic heterocycles. The van der Waals surface area contributed by atoms with Crippen LogP contribution in [0.3, 0.4) is 0 Å². The Labute approximate surface area is 109 Å². The van der Waals surface area contributed by atoms with Crippen molar-refractivity contribution < 1.29 is 4.74 Å². The lowest BCUT2D eigenvalue weighted by Crippen LogP contribution is -2.09. The summed E-state index contributed by atoms with van der Waals surface area (Å²) < 4.78 is 5.07. The van der Waals surface area contributed by atoms with Crippen LogP contribution >= 0.6 is 11.8 Å². The van der Waals surface area contributed by atoms with E-state index < -0.39 is 0 Å². The molecule has 5 nitrogen and oxygen atoms in total. The van der Waals surface area contributed by atoms with Crippen LogP contribution in [-0.2, 0) is 0 Å². The minimum Gasteiger partial charge on any atom is -0.497 e. The molecule has 2 rings (SSSR count). The second-order valence-corrected chi connectivity index (χ2v) is 4.29. The van der Waals surface area contributed by atoms with Crippen LogP contribution in [0.15, 0.2) is 40.3 Å². The highest BCUT2D eigenvalue weighted by atomic mass is 32.2. The van der Waals surface area contributed by atoms with Crippen molar-refractivity contribution >= 4 is 23.3 Å². The zero-order chi connectivity index (χ0) is 13.0. The molecule has 0 atom stereocenters. The Hall–Kier alpha value is -1.95. The lowest BCUT2D eigenvalue weighted by Gasteiger charge is -2.07. The number of anilines is 2. The summed E-state index contributed by atoms with van der Waals surface area (Å²) in [6.45, 7) is 0. The Morgan fingerprint density at radius 3 is 2.67 bits per heavy atom. The summed E-state index contributed by atoms with van der Waals surface area (Å²) in [5.74, 6) is 1.30. The number of aromatic amines is 1. The number of methoxy groups -OCH3 is 1. The Balaban J connectivity index is 2.22. The van der Waals surface area contributed by atoms with E-state index >= 15 is 0 Å². The SMILES string of the molecule is COc1ccc(Nc2cc(=O)[nH]c(SC)n2)cc1. The third-order valence-corrected chi connectivity index (χ3v) is 2.86. The van der Waals surface area contributed by atoms with E-state index in [1.807, 2.05) is 30.5 Å². The minimum absolute atomic E-state index is 0.176. The van der Waals surface area contributed by atoms with E-state index in [0.29, 0.717) is 11.0 Å². The number of nitrogens with one attached hydrogen (secondary N) is 2. The summed E-state index contributed by atoms with van der Waals surface area (Å²) >= 11 is 1.39. The van der Waals surface area contributed by atoms with Crippen LogP contribution in [0.5, 0.6) is 5.75 Å². The van der Waals surface area contributed by atoms with Crippen LogP contribution in [0, 0.1) is 0 Å². The molecule has 0 aliphatic rings. The molecule has 0 aliphatic heterocycles. The highest BCUT2D eigenvalue weighted by Crippen LogP contribution is 2.18. The van der Waals surface area contributed by atoms with Crippen LogP contribution in [0.25, 0.3) is 0 Å². The van der Waals surface area contributed by atoms with E-state index in [0.717, 1.165) is 11.4 Å². The van der Waals surface area contributed by atoms with Gasteiger partial charge in [-0.15, -0.1) is 0 Å². The minimum atomic E-state index is -0.176. The first-order chi connectivity index (χ1) is 8.71. The molecule has 6 heteroatoms. The fourth-order valence-corrected chi connectivity index (χ4v) is 1.81. The zero-order valence-corrected chi connectivity index (χ0v) is 10.9. The van der Waals surface area contributed by atoms with Crippen molar-refractivity contribution in [1.29, 1.82) is 0 Å². The van der Waals surface area contributed by atoms with Gasteiger partial charge in [-0.25, -0.2) is 4.98 Å². The van der Waals surface area contributed by atoms with E-state index in [-0.39, 0.29) is 5.56 Å². The summed E-state index contributed by atoms with van der Waals surface area (Å²) in [5.41, 5.74) is 0.673. The molecular formula is C12H13N3O2S. The molecule has 2 aromatic rings. The Morgan fingerprint density at radius 1 is 1.33 bits per heavy atom. The maximum Gasteiger partial charge on any atom is 0.253 e. The Bertz CT molecular complexity index is 581.